The predicted molar refractivity (Wildman–Crippen MR) is 43.6 cm³/mol. The molecular weight excluding hydrogens is 212 g/mol. The highest BCUT2D eigenvalue weighted by atomic mass is 32.2. The Morgan fingerprint density at radius 1 is 1.29 bits per heavy atom. The van der Waals surface area contributed by atoms with E-state index >= 15 is 0 Å². The first-order valence-corrected chi connectivity index (χ1v) is 4.67. The van der Waals surface area contributed by atoms with E-state index in [1.165, 1.54) is 6.08 Å². The Labute approximate surface area is 78.7 Å². The van der Waals surface area contributed by atoms with Crippen molar-refractivity contribution < 1.29 is 22.6 Å². The average molecular weight is 216 g/mol. The van der Waals surface area contributed by atoms with E-state index in [1.54, 1.807) is 0 Å². The zero-order valence-electron chi connectivity index (χ0n) is 6.61. The highest BCUT2D eigenvalue weighted by Gasteiger charge is 2.19. The number of Topliss-reactive ketones (excluding diaryl/α,β-unsaturated/α-hetero) is 1. The summed E-state index contributed by atoms with van der Waals surface area (Å²) < 4.78 is 30.8. The van der Waals surface area contributed by atoms with Crippen molar-refractivity contribution in [2.24, 2.45) is 9.63 Å². The van der Waals surface area contributed by atoms with Gasteiger partial charge >= 0.3 is 10.3 Å². The van der Waals surface area contributed by atoms with Crippen LogP contribution in [-0.4, -0.2) is 24.5 Å². The second kappa shape index (κ2) is 3.60. The van der Waals surface area contributed by atoms with Gasteiger partial charge in [-0.1, -0.05) is 6.08 Å². The molecule has 0 atom stereocenters. The topological polar surface area (TPSA) is 113 Å². The van der Waals surface area contributed by atoms with Crippen molar-refractivity contribution in [2.45, 2.75) is 0 Å². The molecule has 0 unspecified atom stereocenters. The molecule has 0 amide bonds. The fraction of sp³-hybridized carbons (Fsp3) is 0. The molecule has 1 N–H and O–H groups in total. The number of carbonyl (C=O) groups excluding carboxylic acids is 2. The van der Waals surface area contributed by atoms with Crippen molar-refractivity contribution in [3.63, 3.8) is 0 Å². The summed E-state index contributed by atoms with van der Waals surface area (Å²) >= 11 is 0. The number of carbonyl (C=O) groups is 2. The molecule has 1 rings (SSSR count). The minimum absolute atomic E-state index is 0.435. The van der Waals surface area contributed by atoms with Gasteiger partial charge in [0.25, 0.3) is 5.78 Å². The molecule has 14 heavy (non-hydrogen) atoms. The zero-order valence-corrected chi connectivity index (χ0v) is 7.43. The van der Waals surface area contributed by atoms with Gasteiger partial charge < -0.3 is 0 Å². The quantitative estimate of drug-likeness (QED) is 0.298. The maximum atomic E-state index is 10.9. The summed E-state index contributed by atoms with van der Waals surface area (Å²) in [5.74, 6) is -1.79. The summed E-state index contributed by atoms with van der Waals surface area (Å²) in [5, 5.41) is 2.91. The van der Waals surface area contributed by atoms with Crippen molar-refractivity contribution in [1.29, 1.82) is 0 Å². The van der Waals surface area contributed by atoms with Gasteiger partial charge in [0.15, 0.2) is 0 Å². The third kappa shape index (κ3) is 2.68. The summed E-state index contributed by atoms with van der Waals surface area (Å²) in [7, 11) is -4.63. The Hall–Kier alpha value is -1.67. The van der Waals surface area contributed by atoms with E-state index in [4.69, 9.17) is 4.55 Å². The summed E-state index contributed by atoms with van der Waals surface area (Å²) in [5.41, 5.74) is -0.435. The number of rotatable bonds is 2. The average Bonchev–Trinajstić information content (AvgIpc) is 2.06. The first kappa shape index (κ1) is 10.4. The molecule has 0 saturated carbocycles. The van der Waals surface area contributed by atoms with Crippen LogP contribution >= 0.6 is 0 Å². The van der Waals surface area contributed by atoms with Gasteiger partial charge in [0.05, 0.1) is 0 Å². The molecule has 0 radical (unpaired) electrons. The third-order valence-corrected chi connectivity index (χ3v) is 1.50. The monoisotopic (exact) mass is 216 g/mol. The Kier molecular flexibility index (Phi) is 2.68. The summed E-state index contributed by atoms with van der Waals surface area (Å²) in [4.78, 5) is 21.7. The van der Waals surface area contributed by atoms with E-state index in [-0.39, 0.29) is 0 Å². The van der Waals surface area contributed by atoms with E-state index in [1.807, 2.05) is 0 Å². The molecule has 8 heteroatoms. The molecule has 0 aliphatic heterocycles. The van der Waals surface area contributed by atoms with Crippen LogP contribution in [0.1, 0.15) is 0 Å². The minimum atomic E-state index is -4.63. The van der Waals surface area contributed by atoms with Gasteiger partial charge in [-0.15, -0.1) is 5.11 Å². The first-order chi connectivity index (χ1) is 6.40. The van der Waals surface area contributed by atoms with E-state index in [0.717, 1.165) is 12.2 Å². The fourth-order valence-corrected chi connectivity index (χ4v) is 0.870. The second-order valence-electron chi connectivity index (χ2n) is 2.23. The number of nitrogens with zero attached hydrogens (tertiary/aromatic N) is 2. The van der Waals surface area contributed by atoms with Crippen LogP contribution in [0.15, 0.2) is 33.6 Å². The smallest absolute Gasteiger partial charge is 0.285 e. The third-order valence-electron chi connectivity index (χ3n) is 1.21. The maximum Gasteiger partial charge on any atom is 0.396 e. The van der Waals surface area contributed by atoms with Crippen LogP contribution in [-0.2, 0) is 19.9 Å². The lowest BCUT2D eigenvalue weighted by Crippen LogP contribution is -2.15. The van der Waals surface area contributed by atoms with Gasteiger partial charge in [-0.2, -0.15) is 8.42 Å². The van der Waals surface area contributed by atoms with Crippen molar-refractivity contribution in [3.8, 4) is 0 Å². The van der Waals surface area contributed by atoms with Crippen LogP contribution in [0.2, 0.25) is 0 Å². The van der Waals surface area contributed by atoms with Crippen LogP contribution < -0.4 is 0 Å². The van der Waals surface area contributed by atoms with Crippen molar-refractivity contribution >= 4 is 21.9 Å². The zero-order chi connectivity index (χ0) is 10.8. The van der Waals surface area contributed by atoms with Crippen molar-refractivity contribution in [3.05, 3.63) is 23.9 Å². The van der Waals surface area contributed by atoms with Gasteiger partial charge in [-0.05, 0) is 16.7 Å². The lowest BCUT2D eigenvalue weighted by Gasteiger charge is -1.98. The normalized spacial score (nSPS) is 17.6. The van der Waals surface area contributed by atoms with Crippen LogP contribution in [0.25, 0.3) is 0 Å². The van der Waals surface area contributed by atoms with Gasteiger partial charge in [0.1, 0.15) is 5.70 Å². The maximum absolute atomic E-state index is 10.9. The van der Waals surface area contributed by atoms with Crippen LogP contribution in [0, 0.1) is 0 Å². The molecule has 7 nitrogen and oxygen atoms in total. The molecule has 1 aliphatic carbocycles. The number of ketones is 2. The molecule has 0 bridgehead atoms. The fourth-order valence-electron chi connectivity index (χ4n) is 0.679. The van der Waals surface area contributed by atoms with E-state index in [2.05, 4.69) is 9.63 Å². The molecule has 0 aromatic rings. The largest absolute Gasteiger partial charge is 0.396 e. The Bertz CT molecular complexity index is 470. The van der Waals surface area contributed by atoms with Crippen LogP contribution in [0.4, 0.5) is 0 Å². The first-order valence-electron chi connectivity index (χ1n) is 3.27. The van der Waals surface area contributed by atoms with E-state index < -0.39 is 27.6 Å². The summed E-state index contributed by atoms with van der Waals surface area (Å²) in [6.07, 6.45) is 3.34. The lowest BCUT2D eigenvalue weighted by atomic mass is 10.1. The molecule has 1 aliphatic rings. The molecule has 0 aromatic heterocycles. The lowest BCUT2D eigenvalue weighted by molar-refractivity contribution is -0.131. The van der Waals surface area contributed by atoms with Gasteiger partial charge in [-0.3, -0.25) is 14.1 Å². The number of allylic oxidation sites excluding steroid dienone is 4. The van der Waals surface area contributed by atoms with Gasteiger partial charge in [0.2, 0.25) is 5.78 Å². The summed E-state index contributed by atoms with van der Waals surface area (Å²) in [6.45, 7) is 0. The van der Waals surface area contributed by atoms with Gasteiger partial charge in [0, 0.05) is 0 Å². The standard InChI is InChI=1S/C6H4N2O5S/c9-5-3-1-2-4(6(5)10)7-8-14(11,12)13/h1-3H,(H,11,12,13). The van der Waals surface area contributed by atoms with E-state index in [9.17, 15) is 18.0 Å². The predicted octanol–water partition coefficient (Wildman–Crippen LogP) is -0.167. The highest BCUT2D eigenvalue weighted by Crippen LogP contribution is 2.07. The highest BCUT2D eigenvalue weighted by molar-refractivity contribution is 7.84. The van der Waals surface area contributed by atoms with Crippen LogP contribution in [0.3, 0.4) is 0 Å². The Morgan fingerprint density at radius 3 is 2.50 bits per heavy atom. The SMILES string of the molecule is O=C1C=CC=C(N=NS(=O)(=O)O)C1=O. The molecule has 0 saturated heterocycles. The van der Waals surface area contributed by atoms with E-state index in [0.29, 0.717) is 0 Å². The molecule has 0 aromatic carbocycles. The number of hydrogen-bond acceptors (Lipinski definition) is 5. The molecular formula is C6H4N2O5S. The number of hydrogen-bond donors (Lipinski definition) is 1. The minimum Gasteiger partial charge on any atom is -0.285 e. The molecule has 0 spiro atoms. The Morgan fingerprint density at radius 2 is 1.93 bits per heavy atom. The van der Waals surface area contributed by atoms with Gasteiger partial charge in [-0.25, -0.2) is 0 Å². The van der Waals surface area contributed by atoms with Crippen LogP contribution in [0.5, 0.6) is 0 Å². The Balaban J connectivity index is 2.96. The van der Waals surface area contributed by atoms with Crippen molar-refractivity contribution in [1.82, 2.24) is 0 Å². The molecule has 0 fully saturated rings. The molecule has 74 valence electrons. The van der Waals surface area contributed by atoms with Crippen molar-refractivity contribution in [2.75, 3.05) is 0 Å². The summed E-state index contributed by atoms with van der Waals surface area (Å²) in [6, 6.07) is 0. The second-order valence-corrected chi connectivity index (χ2v) is 3.29. The molecule has 0 heterocycles.